The van der Waals surface area contributed by atoms with Crippen LogP contribution in [0.25, 0.3) is 0 Å². The van der Waals surface area contributed by atoms with Crippen LogP contribution in [0.5, 0.6) is 0 Å². The highest BCUT2D eigenvalue weighted by atomic mass is 16.3. The molecule has 0 spiro atoms. The smallest absolute Gasteiger partial charge is 0.112 e. The van der Waals surface area contributed by atoms with Gasteiger partial charge in [0, 0.05) is 6.21 Å². The van der Waals surface area contributed by atoms with E-state index in [1.807, 2.05) is 18.3 Å². The third-order valence-electron chi connectivity index (χ3n) is 3.21. The fourth-order valence-electron chi connectivity index (χ4n) is 2.44. The summed E-state index contributed by atoms with van der Waals surface area (Å²) in [5.41, 5.74) is 0. The minimum Gasteiger partial charge on any atom is -0.469 e. The topological polar surface area (TPSA) is 37.5 Å². The average molecular weight is 190 g/mol. The number of nitrogens with one attached hydrogen (secondary N) is 1. The van der Waals surface area contributed by atoms with Crippen molar-refractivity contribution < 1.29 is 4.42 Å². The standard InChI is InChI=1S/C11H14N2O/c1-2-10(14-5-1)9-6-8-3-4-12-11(8)13-7-9/h1-2,5,7-9,11-12H,3-4,6H2. The van der Waals surface area contributed by atoms with E-state index in [0.29, 0.717) is 18.0 Å². The summed E-state index contributed by atoms with van der Waals surface area (Å²) in [6, 6.07) is 3.99. The molecule has 14 heavy (non-hydrogen) atoms. The largest absolute Gasteiger partial charge is 0.469 e. The van der Waals surface area contributed by atoms with Crippen LogP contribution in [0.2, 0.25) is 0 Å². The van der Waals surface area contributed by atoms with Gasteiger partial charge in [0.15, 0.2) is 0 Å². The summed E-state index contributed by atoms with van der Waals surface area (Å²) >= 11 is 0. The molecule has 1 fully saturated rings. The Balaban J connectivity index is 1.82. The summed E-state index contributed by atoms with van der Waals surface area (Å²) in [7, 11) is 0. The summed E-state index contributed by atoms with van der Waals surface area (Å²) in [6.07, 6.45) is 6.58. The summed E-state index contributed by atoms with van der Waals surface area (Å²) < 4.78 is 5.41. The Kier molecular flexibility index (Phi) is 1.91. The zero-order valence-corrected chi connectivity index (χ0v) is 8.02. The van der Waals surface area contributed by atoms with Crippen molar-refractivity contribution in [1.29, 1.82) is 0 Å². The first kappa shape index (κ1) is 8.24. The first-order valence-electron chi connectivity index (χ1n) is 5.23. The molecule has 0 bridgehead atoms. The number of aliphatic imine (C=N–C) groups is 1. The molecular weight excluding hydrogens is 176 g/mol. The van der Waals surface area contributed by atoms with Crippen LogP contribution in [0.4, 0.5) is 0 Å². The van der Waals surface area contributed by atoms with E-state index in [1.165, 1.54) is 12.8 Å². The van der Waals surface area contributed by atoms with Crippen LogP contribution < -0.4 is 5.32 Å². The van der Waals surface area contributed by atoms with Crippen LogP contribution in [-0.2, 0) is 0 Å². The van der Waals surface area contributed by atoms with Crippen molar-refractivity contribution in [2.24, 2.45) is 10.9 Å². The molecule has 1 N–H and O–H groups in total. The van der Waals surface area contributed by atoms with Crippen LogP contribution >= 0.6 is 0 Å². The normalized spacial score (nSPS) is 35.9. The van der Waals surface area contributed by atoms with Crippen LogP contribution in [0.3, 0.4) is 0 Å². The molecule has 1 saturated heterocycles. The van der Waals surface area contributed by atoms with Gasteiger partial charge in [0.1, 0.15) is 11.9 Å². The molecule has 0 aliphatic carbocycles. The van der Waals surface area contributed by atoms with Crippen LogP contribution in [-0.4, -0.2) is 18.9 Å². The molecule has 3 rings (SSSR count). The lowest BCUT2D eigenvalue weighted by Gasteiger charge is -2.24. The second-order valence-electron chi connectivity index (χ2n) is 4.10. The predicted molar refractivity (Wildman–Crippen MR) is 54.5 cm³/mol. The number of hydrogen-bond donors (Lipinski definition) is 1. The number of furan rings is 1. The molecule has 0 radical (unpaired) electrons. The number of fused-ring (bicyclic) bond motifs is 1. The van der Waals surface area contributed by atoms with Gasteiger partial charge in [-0.05, 0) is 37.4 Å². The van der Waals surface area contributed by atoms with Gasteiger partial charge < -0.3 is 4.42 Å². The lowest BCUT2D eigenvalue weighted by atomic mass is 9.89. The van der Waals surface area contributed by atoms with Gasteiger partial charge >= 0.3 is 0 Å². The highest BCUT2D eigenvalue weighted by molar-refractivity contribution is 5.67. The monoisotopic (exact) mass is 190 g/mol. The van der Waals surface area contributed by atoms with E-state index in [9.17, 15) is 0 Å². The van der Waals surface area contributed by atoms with E-state index in [1.54, 1.807) is 6.26 Å². The molecule has 3 unspecified atom stereocenters. The van der Waals surface area contributed by atoms with Crippen molar-refractivity contribution in [3.63, 3.8) is 0 Å². The Hall–Kier alpha value is -1.09. The third-order valence-corrected chi connectivity index (χ3v) is 3.21. The van der Waals surface area contributed by atoms with Crippen molar-refractivity contribution in [1.82, 2.24) is 5.32 Å². The molecule has 3 atom stereocenters. The Morgan fingerprint density at radius 2 is 2.50 bits per heavy atom. The average Bonchev–Trinajstić information content (AvgIpc) is 2.88. The second-order valence-corrected chi connectivity index (χ2v) is 4.10. The lowest BCUT2D eigenvalue weighted by molar-refractivity contribution is 0.378. The Morgan fingerprint density at radius 3 is 3.36 bits per heavy atom. The minimum absolute atomic E-state index is 0.376. The minimum atomic E-state index is 0.376. The van der Waals surface area contributed by atoms with Gasteiger partial charge in [0.2, 0.25) is 0 Å². The molecule has 0 amide bonds. The maximum absolute atomic E-state index is 5.41. The number of nitrogens with zero attached hydrogens (tertiary/aromatic N) is 1. The summed E-state index contributed by atoms with van der Waals surface area (Å²) in [5.74, 6) is 2.15. The van der Waals surface area contributed by atoms with Crippen LogP contribution in [0.15, 0.2) is 27.8 Å². The first-order chi connectivity index (χ1) is 6.93. The Bertz CT molecular complexity index is 331. The SMILES string of the molecule is C1=NC2NCCC2CC1c1ccco1. The number of hydrogen-bond acceptors (Lipinski definition) is 3. The zero-order chi connectivity index (χ0) is 9.38. The highest BCUT2D eigenvalue weighted by Gasteiger charge is 2.32. The Morgan fingerprint density at radius 1 is 1.50 bits per heavy atom. The van der Waals surface area contributed by atoms with Gasteiger partial charge in [-0.25, -0.2) is 0 Å². The molecule has 0 aromatic carbocycles. The molecule has 3 heterocycles. The van der Waals surface area contributed by atoms with Gasteiger partial charge in [-0.15, -0.1) is 0 Å². The number of rotatable bonds is 1. The Labute approximate surface area is 83.2 Å². The maximum atomic E-state index is 5.41. The molecule has 1 aromatic heterocycles. The summed E-state index contributed by atoms with van der Waals surface area (Å²) in [4.78, 5) is 4.53. The first-order valence-corrected chi connectivity index (χ1v) is 5.23. The molecule has 2 aliphatic rings. The van der Waals surface area contributed by atoms with E-state index in [0.717, 1.165) is 12.3 Å². The molecule has 0 saturated carbocycles. The summed E-state index contributed by atoms with van der Waals surface area (Å²) in [6.45, 7) is 1.11. The van der Waals surface area contributed by atoms with Crippen molar-refractivity contribution in [2.45, 2.75) is 24.9 Å². The zero-order valence-electron chi connectivity index (χ0n) is 8.02. The van der Waals surface area contributed by atoms with Gasteiger partial charge in [0.05, 0.1) is 12.2 Å². The molecule has 2 aliphatic heterocycles. The highest BCUT2D eigenvalue weighted by Crippen LogP contribution is 2.32. The van der Waals surface area contributed by atoms with E-state index in [2.05, 4.69) is 10.3 Å². The molecule has 3 nitrogen and oxygen atoms in total. The van der Waals surface area contributed by atoms with Crippen molar-refractivity contribution in [3.8, 4) is 0 Å². The fourth-order valence-corrected chi connectivity index (χ4v) is 2.44. The third kappa shape index (κ3) is 1.28. The van der Waals surface area contributed by atoms with Crippen molar-refractivity contribution in [2.75, 3.05) is 6.54 Å². The van der Waals surface area contributed by atoms with E-state index >= 15 is 0 Å². The maximum Gasteiger partial charge on any atom is 0.112 e. The molecule has 3 heteroatoms. The van der Waals surface area contributed by atoms with E-state index < -0.39 is 0 Å². The molecular formula is C11H14N2O. The predicted octanol–water partition coefficient (Wildman–Crippen LogP) is 1.77. The van der Waals surface area contributed by atoms with E-state index in [-0.39, 0.29) is 0 Å². The molecule has 1 aromatic rings. The molecule has 74 valence electrons. The second kappa shape index (κ2) is 3.24. The van der Waals surface area contributed by atoms with Gasteiger partial charge in [0.25, 0.3) is 0 Å². The quantitative estimate of drug-likeness (QED) is 0.732. The fraction of sp³-hybridized carbons (Fsp3) is 0.545. The van der Waals surface area contributed by atoms with Crippen molar-refractivity contribution in [3.05, 3.63) is 24.2 Å². The summed E-state index contributed by atoms with van der Waals surface area (Å²) in [5, 5.41) is 3.40. The van der Waals surface area contributed by atoms with Crippen LogP contribution in [0.1, 0.15) is 24.5 Å². The van der Waals surface area contributed by atoms with E-state index in [4.69, 9.17) is 4.42 Å². The van der Waals surface area contributed by atoms with Gasteiger partial charge in [-0.1, -0.05) is 0 Å². The van der Waals surface area contributed by atoms with Gasteiger partial charge in [-0.2, -0.15) is 0 Å². The van der Waals surface area contributed by atoms with Gasteiger partial charge in [-0.3, -0.25) is 10.3 Å². The van der Waals surface area contributed by atoms with Crippen molar-refractivity contribution >= 4 is 6.21 Å². The van der Waals surface area contributed by atoms with Crippen LogP contribution in [0, 0.1) is 5.92 Å². The lowest BCUT2D eigenvalue weighted by Crippen LogP contribution is -2.29.